The van der Waals surface area contributed by atoms with E-state index in [4.69, 9.17) is 15.2 Å². The predicted molar refractivity (Wildman–Crippen MR) is 114 cm³/mol. The first-order valence-electron chi connectivity index (χ1n) is 8.79. The maximum Gasteiger partial charge on any atom is 0.250 e. The molecule has 148 valence electrons. The van der Waals surface area contributed by atoms with Crippen LogP contribution in [0.2, 0.25) is 0 Å². The summed E-state index contributed by atoms with van der Waals surface area (Å²) in [6.45, 7) is 10.6. The highest BCUT2D eigenvalue weighted by Crippen LogP contribution is 2.41. The summed E-state index contributed by atoms with van der Waals surface area (Å²) in [7, 11) is 3.57. The van der Waals surface area contributed by atoms with E-state index in [1.807, 2.05) is 16.9 Å². The Labute approximate surface area is 165 Å². The second-order valence-corrected chi connectivity index (χ2v) is 9.77. The average molecular weight is 401 g/mol. The van der Waals surface area contributed by atoms with Gasteiger partial charge in [-0.15, -0.1) is 0 Å². The zero-order chi connectivity index (χ0) is 19.6. The summed E-state index contributed by atoms with van der Waals surface area (Å²) in [5.41, 5.74) is 8.75. The summed E-state index contributed by atoms with van der Waals surface area (Å²) in [5, 5.41) is 3.26. The van der Waals surface area contributed by atoms with E-state index in [1.165, 1.54) is 11.1 Å². The normalized spacial score (nSPS) is 12.8. The number of anilines is 1. The van der Waals surface area contributed by atoms with Crippen LogP contribution >= 0.6 is 21.6 Å². The van der Waals surface area contributed by atoms with Gasteiger partial charge in [0.15, 0.2) is 0 Å². The lowest BCUT2D eigenvalue weighted by Crippen LogP contribution is -2.21. The van der Waals surface area contributed by atoms with Crippen molar-refractivity contribution in [2.75, 3.05) is 44.5 Å². The molecule has 3 N–H and O–H groups in total. The molecule has 1 unspecified atom stereocenters. The van der Waals surface area contributed by atoms with Crippen molar-refractivity contribution < 1.29 is 14.3 Å². The van der Waals surface area contributed by atoms with Gasteiger partial charge in [0, 0.05) is 17.5 Å². The third-order valence-electron chi connectivity index (χ3n) is 3.69. The molecule has 0 spiro atoms. The van der Waals surface area contributed by atoms with Crippen LogP contribution in [0, 0.1) is 0 Å². The van der Waals surface area contributed by atoms with Gasteiger partial charge in [0.2, 0.25) is 5.91 Å². The van der Waals surface area contributed by atoms with Crippen LogP contribution < -0.4 is 11.1 Å². The smallest absolute Gasteiger partial charge is 0.250 e. The van der Waals surface area contributed by atoms with Gasteiger partial charge in [-0.25, -0.2) is 0 Å². The monoisotopic (exact) mass is 400 g/mol. The van der Waals surface area contributed by atoms with Crippen LogP contribution in [0.3, 0.4) is 0 Å². The Kier molecular flexibility index (Phi) is 10.6. The molecule has 0 aliphatic rings. The van der Waals surface area contributed by atoms with E-state index in [-0.39, 0.29) is 17.9 Å². The minimum Gasteiger partial charge on any atom is -0.378 e. The van der Waals surface area contributed by atoms with E-state index < -0.39 is 0 Å². The molecule has 0 aromatic heterocycles. The van der Waals surface area contributed by atoms with Crippen molar-refractivity contribution >= 4 is 33.2 Å². The van der Waals surface area contributed by atoms with Gasteiger partial charge in [0.1, 0.15) is 6.61 Å². The van der Waals surface area contributed by atoms with E-state index in [2.05, 4.69) is 51.4 Å². The number of amides is 1. The van der Waals surface area contributed by atoms with Crippen molar-refractivity contribution in [3.63, 3.8) is 0 Å². The highest BCUT2D eigenvalue weighted by molar-refractivity contribution is 8.76. The summed E-state index contributed by atoms with van der Waals surface area (Å²) >= 11 is 0. The lowest BCUT2D eigenvalue weighted by molar-refractivity contribution is -0.121. The molecule has 5 nitrogen and oxygen atoms in total. The molecule has 7 heteroatoms. The quantitative estimate of drug-likeness (QED) is 0.432. The average Bonchev–Trinajstić information content (AvgIpc) is 2.57. The third kappa shape index (κ3) is 8.31. The number of benzene rings is 1. The van der Waals surface area contributed by atoms with Gasteiger partial charge in [-0.3, -0.25) is 4.79 Å². The second kappa shape index (κ2) is 11.9. The van der Waals surface area contributed by atoms with Crippen LogP contribution in [0.25, 0.3) is 0 Å². The van der Waals surface area contributed by atoms with Crippen molar-refractivity contribution in [2.45, 2.75) is 38.4 Å². The van der Waals surface area contributed by atoms with Crippen LogP contribution in [0.15, 0.2) is 18.2 Å². The van der Waals surface area contributed by atoms with E-state index >= 15 is 0 Å². The molecule has 0 fully saturated rings. The van der Waals surface area contributed by atoms with Gasteiger partial charge in [-0.1, -0.05) is 48.4 Å². The summed E-state index contributed by atoms with van der Waals surface area (Å²) < 4.78 is 10.5. The second-order valence-electron chi connectivity index (χ2n) is 6.96. The van der Waals surface area contributed by atoms with E-state index in [0.29, 0.717) is 31.6 Å². The Morgan fingerprint density at radius 1 is 1.23 bits per heavy atom. The summed E-state index contributed by atoms with van der Waals surface area (Å²) in [6, 6.07) is 6.16. The summed E-state index contributed by atoms with van der Waals surface area (Å²) in [4.78, 5) is 12.1. The zero-order valence-electron chi connectivity index (χ0n) is 16.5. The Balaban J connectivity index is 2.69. The van der Waals surface area contributed by atoms with Gasteiger partial charge in [-0.05, 0) is 41.9 Å². The molecule has 1 aromatic carbocycles. The van der Waals surface area contributed by atoms with Crippen molar-refractivity contribution in [1.29, 1.82) is 0 Å². The van der Waals surface area contributed by atoms with Gasteiger partial charge < -0.3 is 20.5 Å². The molecule has 0 radical (unpaired) electrons. The number of carbonyl (C=O) groups is 1. The fraction of sp³-hybridized carbons (Fsp3) is 0.632. The first-order chi connectivity index (χ1) is 12.3. The summed E-state index contributed by atoms with van der Waals surface area (Å²) in [5.74, 6) is -0.163. The van der Waals surface area contributed by atoms with E-state index in [9.17, 15) is 4.79 Å². The zero-order valence-corrected chi connectivity index (χ0v) is 18.1. The molecule has 1 atom stereocenters. The number of hydrogen-bond donors (Lipinski definition) is 2. The van der Waals surface area contributed by atoms with Crippen LogP contribution in [0.4, 0.5) is 5.69 Å². The number of nitrogens with one attached hydrogen (secondary N) is 1. The van der Waals surface area contributed by atoms with E-state index in [1.54, 1.807) is 10.8 Å². The standard InChI is InChI=1S/C19H32N2O3S2/c1-14(26-25-5)16-12-15(6-7-17(16)19(2,3)4)21-18(22)13-24-11-10-23-9-8-20/h6-7,12,14H,8-11,13,20H2,1-5H3,(H,21,22). The number of carbonyl (C=O) groups excluding carboxylic acids is 1. The first-order valence-corrected chi connectivity index (χ1v) is 11.4. The van der Waals surface area contributed by atoms with Crippen molar-refractivity contribution in [3.05, 3.63) is 29.3 Å². The van der Waals surface area contributed by atoms with Crippen molar-refractivity contribution in [1.82, 2.24) is 0 Å². The summed E-state index contributed by atoms with van der Waals surface area (Å²) in [6.07, 6.45) is 2.08. The largest absolute Gasteiger partial charge is 0.378 e. The van der Waals surface area contributed by atoms with Crippen LogP contribution in [0.5, 0.6) is 0 Å². The minimum atomic E-state index is -0.163. The number of rotatable bonds is 11. The van der Waals surface area contributed by atoms with Crippen molar-refractivity contribution in [3.8, 4) is 0 Å². The topological polar surface area (TPSA) is 73.6 Å². The maximum absolute atomic E-state index is 12.1. The Hall–Kier alpha value is -0.730. The number of hydrogen-bond acceptors (Lipinski definition) is 6. The molecule has 1 amide bonds. The number of ether oxygens (including phenoxy) is 2. The minimum absolute atomic E-state index is 0.0114. The molecular weight excluding hydrogens is 368 g/mol. The van der Waals surface area contributed by atoms with Gasteiger partial charge in [-0.2, -0.15) is 0 Å². The van der Waals surface area contributed by atoms with Crippen LogP contribution in [-0.4, -0.2) is 45.1 Å². The van der Waals surface area contributed by atoms with Crippen LogP contribution in [0.1, 0.15) is 44.1 Å². The third-order valence-corrected chi connectivity index (χ3v) is 5.87. The Bertz CT molecular complexity index is 562. The Morgan fingerprint density at radius 2 is 1.92 bits per heavy atom. The van der Waals surface area contributed by atoms with Gasteiger partial charge in [0.05, 0.1) is 19.8 Å². The molecule has 0 saturated heterocycles. The van der Waals surface area contributed by atoms with Crippen molar-refractivity contribution in [2.24, 2.45) is 5.73 Å². The molecular formula is C19H32N2O3S2. The predicted octanol–water partition coefficient (Wildman–Crippen LogP) is 3.99. The SMILES string of the molecule is CSSC(C)c1cc(NC(=O)COCCOCCN)ccc1C(C)(C)C. The number of nitrogens with two attached hydrogens (primary N) is 1. The maximum atomic E-state index is 12.1. The molecule has 0 aliphatic carbocycles. The van der Waals surface area contributed by atoms with Gasteiger partial charge >= 0.3 is 0 Å². The highest BCUT2D eigenvalue weighted by atomic mass is 33.1. The fourth-order valence-corrected chi connectivity index (χ4v) is 4.29. The van der Waals surface area contributed by atoms with Crippen LogP contribution in [-0.2, 0) is 19.7 Å². The lowest BCUT2D eigenvalue weighted by atomic mass is 9.83. The molecule has 0 saturated carbocycles. The molecule has 26 heavy (non-hydrogen) atoms. The molecule has 1 rings (SSSR count). The van der Waals surface area contributed by atoms with E-state index in [0.717, 1.165) is 5.69 Å². The highest BCUT2D eigenvalue weighted by Gasteiger charge is 2.22. The lowest BCUT2D eigenvalue weighted by Gasteiger charge is -2.26. The molecule has 0 heterocycles. The fourth-order valence-electron chi connectivity index (χ4n) is 2.52. The Morgan fingerprint density at radius 3 is 2.54 bits per heavy atom. The molecule has 0 aliphatic heterocycles. The molecule has 0 bridgehead atoms. The first kappa shape index (κ1) is 23.3. The van der Waals surface area contributed by atoms with Gasteiger partial charge in [0.25, 0.3) is 0 Å². The molecule has 1 aromatic rings.